The van der Waals surface area contributed by atoms with Crippen molar-refractivity contribution in [2.24, 2.45) is 0 Å². The number of alkyl halides is 3. The molecule has 0 saturated carbocycles. The van der Waals surface area contributed by atoms with E-state index in [9.17, 15) is 18.0 Å². The molecule has 6 nitrogen and oxygen atoms in total. The van der Waals surface area contributed by atoms with Crippen molar-refractivity contribution in [3.8, 4) is 0 Å². The van der Waals surface area contributed by atoms with E-state index in [2.05, 4.69) is 16.9 Å². The maximum atomic E-state index is 12.6. The number of aliphatic carboxylic acids is 1. The van der Waals surface area contributed by atoms with Crippen LogP contribution < -0.4 is 0 Å². The quantitative estimate of drug-likeness (QED) is 0.694. The average Bonchev–Trinajstić information content (AvgIpc) is 3.05. The lowest BCUT2D eigenvalue weighted by Crippen LogP contribution is -2.43. The normalized spacial score (nSPS) is 24.1. The number of hydrogen-bond donors (Lipinski definition) is 2. The van der Waals surface area contributed by atoms with Gasteiger partial charge >= 0.3 is 18.1 Å². The molecule has 2 bridgehead atoms. The fraction of sp³-hybridized carbons (Fsp3) is 0.474. The van der Waals surface area contributed by atoms with Crippen LogP contribution in [0.2, 0.25) is 5.15 Å². The van der Waals surface area contributed by atoms with Crippen molar-refractivity contribution < 1.29 is 32.6 Å². The Labute approximate surface area is 169 Å². The number of rotatable bonds is 2. The maximum absolute atomic E-state index is 12.6. The first-order chi connectivity index (χ1) is 13.6. The van der Waals surface area contributed by atoms with Gasteiger partial charge in [0.25, 0.3) is 0 Å². The first-order valence-corrected chi connectivity index (χ1v) is 9.45. The number of hydrogen-bond acceptors (Lipinski definition) is 4. The van der Waals surface area contributed by atoms with Crippen LogP contribution in [0.4, 0.5) is 13.2 Å². The number of esters is 1. The number of H-pyrrole nitrogens is 1. The second-order valence-corrected chi connectivity index (χ2v) is 7.59. The molecule has 2 unspecified atom stereocenters. The van der Waals surface area contributed by atoms with Crippen molar-refractivity contribution in [2.75, 3.05) is 7.05 Å². The van der Waals surface area contributed by atoms with Crippen LogP contribution in [0.15, 0.2) is 24.3 Å². The Morgan fingerprint density at radius 2 is 1.76 bits per heavy atom. The van der Waals surface area contributed by atoms with Crippen LogP contribution in [-0.2, 0) is 9.53 Å². The SMILES string of the molecule is CN1C2CCC1CC(OC(=O)c1c(Cl)[nH]c3ccccc13)C2.O=C(O)C(F)(F)F. The molecule has 29 heavy (non-hydrogen) atoms. The van der Waals surface area contributed by atoms with Gasteiger partial charge in [-0.2, -0.15) is 13.2 Å². The molecule has 1 aromatic heterocycles. The molecule has 158 valence electrons. The third-order valence-corrected chi connectivity index (χ3v) is 5.72. The zero-order valence-corrected chi connectivity index (χ0v) is 16.3. The van der Waals surface area contributed by atoms with Gasteiger partial charge in [-0.15, -0.1) is 0 Å². The molecule has 3 heterocycles. The molecule has 0 amide bonds. The van der Waals surface area contributed by atoms with E-state index in [1.807, 2.05) is 24.3 Å². The number of carboxylic acids is 1. The number of carbonyl (C=O) groups is 2. The second kappa shape index (κ2) is 8.23. The van der Waals surface area contributed by atoms with Crippen molar-refractivity contribution in [1.29, 1.82) is 0 Å². The summed E-state index contributed by atoms with van der Waals surface area (Å²) in [7, 11) is 2.18. The van der Waals surface area contributed by atoms with Crippen molar-refractivity contribution >= 4 is 34.4 Å². The Morgan fingerprint density at radius 3 is 2.31 bits per heavy atom. The molecule has 10 heteroatoms. The van der Waals surface area contributed by atoms with Crippen molar-refractivity contribution in [3.63, 3.8) is 0 Å². The molecule has 1 aromatic carbocycles. The highest BCUT2D eigenvalue weighted by Gasteiger charge is 2.40. The molecule has 4 rings (SSSR count). The van der Waals surface area contributed by atoms with Crippen LogP contribution in [0.1, 0.15) is 36.0 Å². The fourth-order valence-electron chi connectivity index (χ4n) is 3.98. The van der Waals surface area contributed by atoms with E-state index in [-0.39, 0.29) is 12.1 Å². The van der Waals surface area contributed by atoms with Crippen LogP contribution in [0.5, 0.6) is 0 Å². The molecular weight excluding hydrogens is 413 g/mol. The third kappa shape index (κ3) is 4.67. The Kier molecular flexibility index (Phi) is 6.09. The lowest BCUT2D eigenvalue weighted by atomic mass is 10.0. The van der Waals surface area contributed by atoms with Gasteiger partial charge in [0, 0.05) is 35.8 Å². The summed E-state index contributed by atoms with van der Waals surface area (Å²) in [5.41, 5.74) is 1.33. The van der Waals surface area contributed by atoms with Gasteiger partial charge in [0.05, 0.1) is 0 Å². The number of aromatic nitrogens is 1. The molecule has 0 spiro atoms. The maximum Gasteiger partial charge on any atom is 0.490 e. The lowest BCUT2D eigenvalue weighted by Gasteiger charge is -2.35. The van der Waals surface area contributed by atoms with Gasteiger partial charge < -0.3 is 19.7 Å². The van der Waals surface area contributed by atoms with Crippen LogP contribution in [0.25, 0.3) is 10.9 Å². The minimum Gasteiger partial charge on any atom is -0.475 e. The predicted octanol–water partition coefficient (Wildman–Crippen LogP) is 4.24. The number of para-hydroxylation sites is 1. The molecular formula is C19H20ClF3N2O4. The topological polar surface area (TPSA) is 82.6 Å². The molecule has 0 radical (unpaired) electrons. The zero-order valence-electron chi connectivity index (χ0n) is 15.5. The van der Waals surface area contributed by atoms with Crippen molar-refractivity contribution in [1.82, 2.24) is 9.88 Å². The summed E-state index contributed by atoms with van der Waals surface area (Å²) >= 11 is 6.21. The second-order valence-electron chi connectivity index (χ2n) is 7.21. The fourth-order valence-corrected chi connectivity index (χ4v) is 4.26. The van der Waals surface area contributed by atoms with Crippen LogP contribution >= 0.6 is 11.6 Å². The van der Waals surface area contributed by atoms with E-state index in [0.717, 1.165) is 23.7 Å². The minimum absolute atomic E-state index is 0.00549. The van der Waals surface area contributed by atoms with Gasteiger partial charge in [-0.1, -0.05) is 29.8 Å². The highest BCUT2D eigenvalue weighted by molar-refractivity contribution is 6.34. The van der Waals surface area contributed by atoms with Gasteiger partial charge in [-0.3, -0.25) is 0 Å². The Hall–Kier alpha value is -2.26. The number of nitrogens with zero attached hydrogens (tertiary/aromatic N) is 1. The van der Waals surface area contributed by atoms with Crippen molar-refractivity contribution in [2.45, 2.75) is 50.0 Å². The highest BCUT2D eigenvalue weighted by Crippen LogP contribution is 2.36. The van der Waals surface area contributed by atoms with E-state index >= 15 is 0 Å². The number of nitrogens with one attached hydrogen (secondary N) is 1. The number of carboxylic acid groups (broad SMARTS) is 1. The third-order valence-electron chi connectivity index (χ3n) is 5.44. The van der Waals surface area contributed by atoms with E-state index in [1.165, 1.54) is 12.8 Å². The number of fused-ring (bicyclic) bond motifs is 3. The van der Waals surface area contributed by atoms with Gasteiger partial charge in [0.1, 0.15) is 16.8 Å². The van der Waals surface area contributed by atoms with E-state index in [4.69, 9.17) is 26.2 Å². The monoisotopic (exact) mass is 432 g/mol. The summed E-state index contributed by atoms with van der Waals surface area (Å²) in [4.78, 5) is 27.0. The summed E-state index contributed by atoms with van der Waals surface area (Å²) in [6, 6.07) is 8.73. The lowest BCUT2D eigenvalue weighted by molar-refractivity contribution is -0.192. The number of benzene rings is 1. The number of ether oxygens (including phenoxy) is 1. The summed E-state index contributed by atoms with van der Waals surface area (Å²) in [5, 5.41) is 8.32. The molecule has 2 N–H and O–H groups in total. The number of aromatic amines is 1. The molecule has 2 aliphatic rings. The van der Waals surface area contributed by atoms with Crippen LogP contribution in [-0.4, -0.2) is 58.3 Å². The molecule has 2 aromatic rings. The highest BCUT2D eigenvalue weighted by atomic mass is 35.5. The van der Waals surface area contributed by atoms with Crippen LogP contribution in [0.3, 0.4) is 0 Å². The molecule has 0 aliphatic carbocycles. The Bertz CT molecular complexity index is 900. The van der Waals surface area contributed by atoms with Crippen molar-refractivity contribution in [3.05, 3.63) is 35.0 Å². The zero-order chi connectivity index (χ0) is 21.3. The smallest absolute Gasteiger partial charge is 0.475 e. The summed E-state index contributed by atoms with van der Waals surface area (Å²) in [6.07, 6.45) is -0.797. The van der Waals surface area contributed by atoms with Gasteiger partial charge in [0.2, 0.25) is 0 Å². The molecule has 2 aliphatic heterocycles. The predicted molar refractivity (Wildman–Crippen MR) is 100 cm³/mol. The van der Waals surface area contributed by atoms with E-state index in [0.29, 0.717) is 22.8 Å². The number of piperidine rings is 1. The van der Waals surface area contributed by atoms with Gasteiger partial charge in [-0.25, -0.2) is 9.59 Å². The minimum atomic E-state index is -5.08. The summed E-state index contributed by atoms with van der Waals surface area (Å²) in [6.45, 7) is 0. The Morgan fingerprint density at radius 1 is 1.21 bits per heavy atom. The van der Waals surface area contributed by atoms with Crippen LogP contribution in [0, 0.1) is 0 Å². The molecule has 2 fully saturated rings. The first-order valence-electron chi connectivity index (χ1n) is 9.07. The van der Waals surface area contributed by atoms with E-state index in [1.54, 1.807) is 0 Å². The first kappa shape index (κ1) is 21.4. The Balaban J connectivity index is 0.000000298. The largest absolute Gasteiger partial charge is 0.490 e. The van der Waals surface area contributed by atoms with Gasteiger partial charge in [-0.05, 0) is 26.0 Å². The molecule has 2 saturated heterocycles. The number of carbonyl (C=O) groups excluding carboxylic acids is 1. The standard InChI is InChI=1S/C17H19ClN2O2.C2HF3O2/c1-20-10-6-7-11(20)9-12(8-10)22-17(21)15-13-4-2-3-5-14(13)19-16(15)18;3-2(4,5)1(6)7/h2-5,10-12,19H,6-9H2,1H3;(H,6,7). The average molecular weight is 433 g/mol. The summed E-state index contributed by atoms with van der Waals surface area (Å²) in [5.74, 6) is -3.07. The molecule has 2 atom stereocenters. The van der Waals surface area contributed by atoms with Gasteiger partial charge in [0.15, 0.2) is 0 Å². The number of halogens is 4. The van der Waals surface area contributed by atoms with E-state index < -0.39 is 12.1 Å². The summed E-state index contributed by atoms with van der Waals surface area (Å²) < 4.78 is 37.5.